The molecule has 4 aliphatic rings. The number of rotatable bonds is 34. The van der Waals surface area contributed by atoms with Gasteiger partial charge < -0.3 is 60.5 Å². The third kappa shape index (κ3) is 16.0. The minimum atomic E-state index is -1.38. The van der Waals surface area contributed by atoms with Gasteiger partial charge in [0, 0.05) is 72.0 Å². The number of ether oxygens (including phenoxy) is 2. The van der Waals surface area contributed by atoms with E-state index < -0.39 is 35.3 Å². The van der Waals surface area contributed by atoms with E-state index in [9.17, 15) is 43.8 Å². The summed E-state index contributed by atoms with van der Waals surface area (Å²) < 4.78 is 13.3. The minimum absolute atomic E-state index is 0.0287. The number of carbonyl (C=O) groups is 7. The number of methoxy groups -OCH3 is 2. The van der Waals surface area contributed by atoms with Gasteiger partial charge in [0.05, 0.1) is 57.3 Å². The maximum Gasteiger partial charge on any atom is 0.330 e. The molecule has 7 rings (SSSR count). The Morgan fingerprint density at radius 1 is 0.684 bits per heavy atom. The number of aromatic nitrogens is 2. The van der Waals surface area contributed by atoms with Crippen molar-refractivity contribution in [2.75, 3.05) is 127 Å². The van der Waals surface area contributed by atoms with Gasteiger partial charge in [-0.15, -0.1) is 0 Å². The molecule has 23 nitrogen and oxygen atoms in total. The van der Waals surface area contributed by atoms with E-state index in [1.807, 2.05) is 37.9 Å². The van der Waals surface area contributed by atoms with E-state index in [1.165, 1.54) is 0 Å². The van der Waals surface area contributed by atoms with E-state index >= 15 is 0 Å². The molecule has 23 heteroatoms. The van der Waals surface area contributed by atoms with Gasteiger partial charge in [0.25, 0.3) is 11.8 Å². The third-order valence-electron chi connectivity index (χ3n) is 15.9. The van der Waals surface area contributed by atoms with Crippen molar-refractivity contribution in [3.63, 3.8) is 0 Å². The van der Waals surface area contributed by atoms with Crippen molar-refractivity contribution in [3.05, 3.63) is 59.3 Å². The second-order valence-electron chi connectivity index (χ2n) is 21.9. The van der Waals surface area contributed by atoms with E-state index in [0.717, 1.165) is 37.7 Å². The Bertz CT molecular complexity index is 2570. The highest BCUT2D eigenvalue weighted by Crippen LogP contribution is 2.58. The normalized spacial score (nSPS) is 19.3. The predicted molar refractivity (Wildman–Crippen MR) is 294 cm³/mol. The van der Waals surface area contributed by atoms with Gasteiger partial charge >= 0.3 is 23.9 Å². The van der Waals surface area contributed by atoms with Crippen molar-refractivity contribution >= 4 is 41.6 Å². The number of carbonyl (C=O) groups excluding carboxylic acids is 3. The number of carboxylic acid groups (broad SMARTS) is 4. The molecular formula is C56H82N10O13. The van der Waals surface area contributed by atoms with Crippen LogP contribution in [0.15, 0.2) is 42.5 Å². The highest BCUT2D eigenvalue weighted by molar-refractivity contribution is 5.98. The first-order valence-electron chi connectivity index (χ1n) is 27.4. The van der Waals surface area contributed by atoms with Gasteiger partial charge in [0.1, 0.15) is 17.0 Å². The Kier molecular flexibility index (Phi) is 22.2. The summed E-state index contributed by atoms with van der Waals surface area (Å²) in [6.45, 7) is 7.34. The number of aliphatic carboxylic acids is 4. The first-order chi connectivity index (χ1) is 37.6. The lowest BCUT2D eigenvalue weighted by molar-refractivity contribution is -0.163. The summed E-state index contributed by atoms with van der Waals surface area (Å²) in [7, 11) is 8.55. The van der Waals surface area contributed by atoms with Gasteiger partial charge in [-0.25, -0.2) is 9.48 Å². The summed E-state index contributed by atoms with van der Waals surface area (Å²) in [6.07, 6.45) is 5.60. The standard InChI is InChI=1S/C56H82N10O13/c1-36(2)42-30-39(54(75)63(5)20-10-18-61(3)17-9-19-62(4)48(67)34-64(21-15-57-32-49(68)69)23-24-65(35-51(72)73)22-16-58-33-50(70)71)13-14-44(42)66-45(52-46(78-6)11-8-12-47(52)79-7)31-43(60-66)53(74)59-56(55(76)77)40-26-37-25-38(28-40)29-41(56)27-37/h8,11-14,30-31,36-38,40-41,57-58H,9-10,15-29,32-35H2,1-7H3,(H,59,74)(H,68,69)(H,70,71)(H,72,73)(H,76,77). The van der Waals surface area contributed by atoms with Crippen LogP contribution in [0.3, 0.4) is 0 Å². The van der Waals surface area contributed by atoms with E-state index in [0.29, 0.717) is 98.0 Å². The van der Waals surface area contributed by atoms with E-state index in [1.54, 1.807) is 78.0 Å². The fraction of sp³-hybridized carbons (Fsp3) is 0.607. The summed E-state index contributed by atoms with van der Waals surface area (Å²) in [5.41, 5.74) is 1.57. The van der Waals surface area contributed by atoms with Gasteiger partial charge in [-0.2, -0.15) is 5.10 Å². The fourth-order valence-electron chi connectivity index (χ4n) is 12.0. The molecule has 4 fully saturated rings. The molecule has 0 unspecified atom stereocenters. The molecule has 0 spiro atoms. The Morgan fingerprint density at radius 2 is 1.23 bits per heavy atom. The minimum Gasteiger partial charge on any atom is -0.496 e. The SMILES string of the molecule is COc1cccc(OC)c1-c1cc(C(=O)NC2(C(=O)O)C3CC4CC(C3)CC2C4)nn1-c1ccc(C(=O)N(C)CCCN(C)CCCN(C)C(=O)CN(CCNCC(=O)O)CCN(CCNCC(=O)O)CC(=O)O)cc1C(C)C. The summed E-state index contributed by atoms with van der Waals surface area (Å²) in [6, 6.07) is 12.5. The summed E-state index contributed by atoms with van der Waals surface area (Å²) in [4.78, 5) is 97.7. The van der Waals surface area contributed by atoms with Crippen LogP contribution in [-0.4, -0.2) is 229 Å². The van der Waals surface area contributed by atoms with Crippen molar-refractivity contribution in [1.29, 1.82) is 0 Å². The molecule has 0 aliphatic heterocycles. The van der Waals surface area contributed by atoms with Crippen molar-refractivity contribution < 1.29 is 63.5 Å². The molecule has 0 radical (unpaired) electrons. The molecule has 7 N–H and O–H groups in total. The van der Waals surface area contributed by atoms with Crippen molar-refractivity contribution in [2.24, 2.45) is 23.7 Å². The van der Waals surface area contributed by atoms with Crippen molar-refractivity contribution in [1.82, 2.24) is 50.2 Å². The van der Waals surface area contributed by atoms with Gasteiger partial charge in [-0.1, -0.05) is 19.9 Å². The number of hydrogen-bond donors (Lipinski definition) is 7. The molecule has 434 valence electrons. The number of carboxylic acids is 4. The lowest BCUT2D eigenvalue weighted by atomic mass is 9.48. The van der Waals surface area contributed by atoms with Crippen LogP contribution < -0.4 is 25.4 Å². The van der Waals surface area contributed by atoms with Crippen LogP contribution in [0.2, 0.25) is 0 Å². The monoisotopic (exact) mass is 1100 g/mol. The number of hydrogen-bond acceptors (Lipinski definition) is 15. The quantitative estimate of drug-likeness (QED) is 0.0423. The lowest BCUT2D eigenvalue weighted by Crippen LogP contribution is -2.70. The Morgan fingerprint density at radius 3 is 1.73 bits per heavy atom. The van der Waals surface area contributed by atoms with Crippen LogP contribution in [0.5, 0.6) is 11.5 Å². The molecule has 4 aliphatic carbocycles. The van der Waals surface area contributed by atoms with Crippen molar-refractivity contribution in [3.8, 4) is 28.4 Å². The first-order valence-corrected chi connectivity index (χ1v) is 27.4. The van der Waals surface area contributed by atoms with Crippen LogP contribution in [0.1, 0.15) is 91.1 Å². The Hall–Kier alpha value is -6.66. The molecule has 3 aromatic rings. The van der Waals surface area contributed by atoms with Crippen LogP contribution in [0.4, 0.5) is 0 Å². The topological polar surface area (TPSA) is 289 Å². The van der Waals surface area contributed by atoms with Gasteiger partial charge in [0.2, 0.25) is 5.91 Å². The summed E-state index contributed by atoms with van der Waals surface area (Å²) in [5.74, 6) is -3.47. The zero-order valence-corrected chi connectivity index (χ0v) is 46.9. The summed E-state index contributed by atoms with van der Waals surface area (Å²) >= 11 is 0. The number of nitrogens with zero attached hydrogens (tertiary/aromatic N) is 7. The fourth-order valence-corrected chi connectivity index (χ4v) is 12.0. The molecule has 4 bridgehead atoms. The number of likely N-dealkylation sites (N-methyl/N-ethyl adjacent to an activating group) is 1. The number of benzene rings is 2. The van der Waals surface area contributed by atoms with Gasteiger partial charge in [-0.05, 0) is 137 Å². The highest BCUT2D eigenvalue weighted by Gasteiger charge is 2.62. The number of nitrogens with one attached hydrogen (secondary N) is 3. The molecule has 0 saturated heterocycles. The zero-order chi connectivity index (χ0) is 57.6. The number of amides is 3. The van der Waals surface area contributed by atoms with E-state index in [2.05, 4.69) is 20.9 Å². The smallest absolute Gasteiger partial charge is 0.330 e. The third-order valence-corrected chi connectivity index (χ3v) is 15.9. The Labute approximate surface area is 462 Å². The maximum absolute atomic E-state index is 14.5. The predicted octanol–water partition coefficient (Wildman–Crippen LogP) is 2.97. The molecule has 1 heterocycles. The summed E-state index contributed by atoms with van der Waals surface area (Å²) in [5, 5.41) is 51.8. The zero-order valence-electron chi connectivity index (χ0n) is 46.9. The van der Waals surface area contributed by atoms with Gasteiger partial charge in [0.15, 0.2) is 5.69 Å². The van der Waals surface area contributed by atoms with Crippen LogP contribution >= 0.6 is 0 Å². The first kappa shape index (κ1) is 61.6. The van der Waals surface area contributed by atoms with Crippen molar-refractivity contribution in [2.45, 2.75) is 70.3 Å². The average Bonchev–Trinajstić information content (AvgIpc) is 4.00. The van der Waals surface area contributed by atoms with Crippen LogP contribution in [0.25, 0.3) is 16.9 Å². The molecule has 1 aromatic heterocycles. The van der Waals surface area contributed by atoms with Crippen LogP contribution in [-0.2, 0) is 24.0 Å². The lowest BCUT2D eigenvalue weighted by Gasteiger charge is -2.59. The maximum atomic E-state index is 14.5. The van der Waals surface area contributed by atoms with E-state index in [-0.39, 0.29) is 87.6 Å². The second kappa shape index (κ2) is 28.5. The van der Waals surface area contributed by atoms with E-state index in [4.69, 9.17) is 24.8 Å². The molecule has 0 atom stereocenters. The molecule has 2 aromatic carbocycles. The highest BCUT2D eigenvalue weighted by atomic mass is 16.5. The van der Waals surface area contributed by atoms with Crippen LogP contribution in [0, 0.1) is 23.7 Å². The molecular weight excluding hydrogens is 1020 g/mol. The second-order valence-corrected chi connectivity index (χ2v) is 21.9. The molecule has 3 amide bonds. The largest absolute Gasteiger partial charge is 0.496 e. The molecule has 4 saturated carbocycles. The molecule has 79 heavy (non-hydrogen) atoms. The average molecular weight is 1100 g/mol. The Balaban J connectivity index is 1.07. The van der Waals surface area contributed by atoms with Gasteiger partial charge in [-0.3, -0.25) is 38.6 Å².